The zero-order chi connectivity index (χ0) is 31.0. The first-order chi connectivity index (χ1) is 22.7. The fourth-order valence-electron chi connectivity index (χ4n) is 6.71. The number of fused-ring (bicyclic) bond motifs is 6. The van der Waals surface area contributed by atoms with Crippen molar-refractivity contribution >= 4 is 67.9 Å². The van der Waals surface area contributed by atoms with Crippen LogP contribution in [-0.2, 0) is 6.54 Å². The van der Waals surface area contributed by atoms with E-state index in [1.54, 1.807) is 0 Å². The lowest BCUT2D eigenvalue weighted by Gasteiger charge is -2.04. The number of hydrogen-bond acceptors (Lipinski definition) is 0. The van der Waals surface area contributed by atoms with Gasteiger partial charge in [0.2, 0.25) is 0 Å². The second kappa shape index (κ2) is 11.5. The minimum atomic E-state index is 0.962. The zero-order valence-corrected chi connectivity index (χ0v) is 25.7. The van der Waals surface area contributed by atoms with Crippen LogP contribution in [0.5, 0.6) is 0 Å². The number of nitrogens with zero attached hydrogens (tertiary/aromatic N) is 2. The summed E-state index contributed by atoms with van der Waals surface area (Å²) in [4.78, 5) is 0. The summed E-state index contributed by atoms with van der Waals surface area (Å²) in [7, 11) is 0. The summed E-state index contributed by atoms with van der Waals surface area (Å²) in [5.41, 5.74) is 11.8. The van der Waals surface area contributed by atoms with E-state index >= 15 is 0 Å². The highest BCUT2D eigenvalue weighted by atomic mass is 15.0. The van der Waals surface area contributed by atoms with Gasteiger partial charge in [-0.3, -0.25) is 4.57 Å². The highest BCUT2D eigenvalue weighted by Crippen LogP contribution is 2.31. The van der Waals surface area contributed by atoms with Gasteiger partial charge in [-0.1, -0.05) is 128 Å². The first-order valence-electron chi connectivity index (χ1n) is 15.8. The summed E-state index contributed by atoms with van der Waals surface area (Å²) >= 11 is 0. The molecule has 2 heterocycles. The third-order valence-electron chi connectivity index (χ3n) is 9.03. The third kappa shape index (κ3) is 4.80. The van der Waals surface area contributed by atoms with Gasteiger partial charge in [-0.2, -0.15) is 0 Å². The second-order valence-corrected chi connectivity index (χ2v) is 11.7. The summed E-state index contributed by atoms with van der Waals surface area (Å²) in [5.74, 6) is 0. The predicted molar refractivity (Wildman–Crippen MR) is 199 cm³/mol. The Morgan fingerprint density at radius 1 is 0.478 bits per heavy atom. The molecule has 0 radical (unpaired) electrons. The largest absolute Gasteiger partial charge is 0.341 e. The maximum atomic E-state index is 5.83. The first-order valence-corrected chi connectivity index (χ1v) is 15.8. The van der Waals surface area contributed by atoms with Crippen molar-refractivity contribution in [3.8, 4) is 23.6 Å². The van der Waals surface area contributed by atoms with Crippen LogP contribution in [0, 0.1) is 12.5 Å². The molecular weight excluding hydrogens is 556 g/mol. The molecule has 2 nitrogen and oxygen atoms in total. The maximum absolute atomic E-state index is 5.83. The van der Waals surface area contributed by atoms with Crippen molar-refractivity contribution in [2.75, 3.05) is 0 Å². The van der Waals surface area contributed by atoms with Crippen LogP contribution in [0.1, 0.15) is 29.2 Å². The molecule has 0 bridgehead atoms. The average Bonchev–Trinajstić information content (AvgIpc) is 3.61. The van der Waals surface area contributed by atoms with Crippen molar-refractivity contribution < 1.29 is 0 Å². The number of aryl methyl sites for hydroxylation is 1. The first kappa shape index (κ1) is 27.5. The topological polar surface area (TPSA) is 9.86 Å². The van der Waals surface area contributed by atoms with Gasteiger partial charge < -0.3 is 4.57 Å². The minimum absolute atomic E-state index is 0.962. The summed E-state index contributed by atoms with van der Waals surface area (Å²) < 4.78 is 4.31. The van der Waals surface area contributed by atoms with Crippen LogP contribution in [-0.4, -0.2) is 9.13 Å². The maximum Gasteiger partial charge on any atom is 0.0625 e. The molecule has 0 unspecified atom stereocenters. The lowest BCUT2D eigenvalue weighted by Crippen LogP contribution is -1.92. The van der Waals surface area contributed by atoms with Crippen LogP contribution in [0.3, 0.4) is 0 Å². The van der Waals surface area contributed by atoms with Gasteiger partial charge in [0, 0.05) is 45.2 Å². The van der Waals surface area contributed by atoms with Crippen molar-refractivity contribution in [3.05, 3.63) is 156 Å². The summed E-state index contributed by atoms with van der Waals surface area (Å²) in [6.07, 6.45) is 14.6. The monoisotopic (exact) mass is 588 g/mol. The fourth-order valence-corrected chi connectivity index (χ4v) is 6.71. The highest BCUT2D eigenvalue weighted by Gasteiger charge is 2.10. The Balaban J connectivity index is 0.982. The molecule has 8 aromatic rings. The molecule has 0 aliphatic heterocycles. The molecule has 0 aliphatic rings. The minimum Gasteiger partial charge on any atom is -0.341 e. The number of rotatable bonds is 6. The third-order valence-corrected chi connectivity index (χ3v) is 9.03. The number of terminal acetylenes is 1. The molecule has 0 amide bonds. The van der Waals surface area contributed by atoms with Crippen LogP contribution in [0.4, 0.5) is 0 Å². The number of para-hydroxylation sites is 2. The van der Waals surface area contributed by atoms with E-state index < -0.39 is 0 Å². The molecule has 0 fully saturated rings. The molecule has 0 aliphatic carbocycles. The van der Waals surface area contributed by atoms with Crippen LogP contribution in [0.2, 0.25) is 0 Å². The fraction of sp³-hybridized carbons (Fsp3) is 0.0455. The van der Waals surface area contributed by atoms with Gasteiger partial charge in [-0.15, -0.1) is 0 Å². The van der Waals surface area contributed by atoms with E-state index in [4.69, 9.17) is 6.42 Å². The van der Waals surface area contributed by atoms with Crippen LogP contribution in [0.25, 0.3) is 79.0 Å². The van der Waals surface area contributed by atoms with E-state index in [0.29, 0.717) is 0 Å². The van der Waals surface area contributed by atoms with Gasteiger partial charge >= 0.3 is 0 Å². The highest BCUT2D eigenvalue weighted by molar-refractivity contribution is 6.10. The molecule has 8 rings (SSSR count). The number of aromatic nitrogens is 2. The Morgan fingerprint density at radius 3 is 1.46 bits per heavy atom. The van der Waals surface area contributed by atoms with Crippen molar-refractivity contribution in [1.82, 2.24) is 9.13 Å². The van der Waals surface area contributed by atoms with Gasteiger partial charge in [0.15, 0.2) is 0 Å². The number of hydrogen-bond donors (Lipinski definition) is 0. The molecule has 0 atom stereocenters. The van der Waals surface area contributed by atoms with Crippen LogP contribution >= 0.6 is 0 Å². The van der Waals surface area contributed by atoms with E-state index in [-0.39, 0.29) is 0 Å². The summed E-state index contributed by atoms with van der Waals surface area (Å²) in [6.45, 7) is 3.17. The molecule has 2 heteroatoms. The van der Waals surface area contributed by atoms with Crippen LogP contribution in [0.15, 0.2) is 133 Å². The molecule has 0 N–H and O–H groups in total. The van der Waals surface area contributed by atoms with E-state index in [9.17, 15) is 0 Å². The van der Waals surface area contributed by atoms with E-state index in [1.807, 2.05) is 10.6 Å². The van der Waals surface area contributed by atoms with Gasteiger partial charge in [0.05, 0.1) is 11.0 Å². The average molecular weight is 589 g/mol. The van der Waals surface area contributed by atoms with Gasteiger partial charge in [0.1, 0.15) is 0 Å². The van der Waals surface area contributed by atoms with Crippen molar-refractivity contribution in [2.45, 2.75) is 13.5 Å². The van der Waals surface area contributed by atoms with Crippen LogP contribution < -0.4 is 0 Å². The summed E-state index contributed by atoms with van der Waals surface area (Å²) in [6, 6.07) is 50.5. The van der Waals surface area contributed by atoms with Crippen molar-refractivity contribution in [3.63, 3.8) is 0 Å². The molecule has 6 aromatic carbocycles. The van der Waals surface area contributed by atoms with Gasteiger partial charge in [0.25, 0.3) is 0 Å². The molecule has 218 valence electrons. The van der Waals surface area contributed by atoms with E-state index in [2.05, 4.69) is 169 Å². The Labute approximate surface area is 269 Å². The van der Waals surface area contributed by atoms with Crippen molar-refractivity contribution in [2.24, 2.45) is 0 Å². The van der Waals surface area contributed by atoms with Gasteiger partial charge in [-0.25, -0.2) is 0 Å². The molecule has 46 heavy (non-hydrogen) atoms. The van der Waals surface area contributed by atoms with E-state index in [0.717, 1.165) is 28.7 Å². The smallest absolute Gasteiger partial charge is 0.0625 e. The Hall–Kier alpha value is -6.04. The summed E-state index contributed by atoms with van der Waals surface area (Å²) in [5, 5.41) is 4.97. The number of benzene rings is 6. The van der Waals surface area contributed by atoms with Gasteiger partial charge in [-0.05, 0) is 76.7 Å². The molecule has 0 saturated heterocycles. The quantitative estimate of drug-likeness (QED) is 0.135. The Bertz CT molecular complexity index is 2490. The Kier molecular flexibility index (Phi) is 6.86. The predicted octanol–water partition coefficient (Wildman–Crippen LogP) is 11.4. The lowest BCUT2D eigenvalue weighted by molar-refractivity contribution is 0.827. The van der Waals surface area contributed by atoms with Crippen molar-refractivity contribution in [1.29, 1.82) is 0 Å². The van der Waals surface area contributed by atoms with E-state index in [1.165, 1.54) is 54.8 Å². The molecular formula is C44H32N2. The molecule has 0 spiro atoms. The SMILES string of the molecule is C#Cn1c2ccccc2c2cc(C=Cc3ccc(-c4ccc(C=Cc5ccc6c(c5)c5ccccc5n6CC)cc4)cc3)ccc21. The molecule has 2 aromatic heterocycles. The Morgan fingerprint density at radius 2 is 0.891 bits per heavy atom. The second-order valence-electron chi connectivity index (χ2n) is 11.7. The standard InChI is InChI=1S/C44H32N2/c1-3-45-41-11-7-5-9-37(41)39-29-33(21-27-43(39)45)15-13-31-17-23-35(24-18-31)36-25-19-32(20-26-36)14-16-34-22-28-44-40(30-34)38-10-6-8-12-42(38)46(44)4-2/h1,5-30H,4H2,2H3. The normalized spacial score (nSPS) is 11.9. The lowest BCUT2D eigenvalue weighted by atomic mass is 10.0. The molecule has 0 saturated carbocycles. The zero-order valence-electron chi connectivity index (χ0n) is 25.7.